The van der Waals surface area contributed by atoms with E-state index >= 15 is 0 Å². The summed E-state index contributed by atoms with van der Waals surface area (Å²) in [6, 6.07) is 3.93. The molecule has 1 aromatic rings. The van der Waals surface area contributed by atoms with Gasteiger partial charge >= 0.3 is 5.97 Å². The van der Waals surface area contributed by atoms with Gasteiger partial charge in [0.15, 0.2) is 0 Å². The van der Waals surface area contributed by atoms with E-state index in [1.165, 1.54) is 25.0 Å². The molecule has 23 heavy (non-hydrogen) atoms. The van der Waals surface area contributed by atoms with Gasteiger partial charge in [-0.25, -0.2) is 4.79 Å². The zero-order valence-electron chi connectivity index (χ0n) is 13.8. The van der Waals surface area contributed by atoms with Crippen LogP contribution in [-0.4, -0.2) is 35.5 Å². The maximum Gasteiger partial charge on any atom is 0.334 e. The van der Waals surface area contributed by atoms with Crippen LogP contribution in [0, 0.1) is 0 Å². The maximum atomic E-state index is 12.3. The molecule has 1 aliphatic carbocycles. The first-order valence-corrected chi connectivity index (χ1v) is 8.55. The summed E-state index contributed by atoms with van der Waals surface area (Å²) in [6.07, 6.45) is 11.2. The first-order chi connectivity index (χ1) is 11.3. The largest absolute Gasteiger partial charge is 0.463 e. The number of esters is 1. The molecule has 0 spiro atoms. The molecule has 1 aromatic heterocycles. The second-order valence-electron chi connectivity index (χ2n) is 6.03. The monoisotopic (exact) mass is 312 g/mol. The van der Waals surface area contributed by atoms with Crippen LogP contribution in [0.1, 0.15) is 44.6 Å². The maximum absolute atomic E-state index is 12.3. The Balaban J connectivity index is 1.96. The van der Waals surface area contributed by atoms with Crippen molar-refractivity contribution < 1.29 is 9.53 Å². The summed E-state index contributed by atoms with van der Waals surface area (Å²) >= 11 is 0. The van der Waals surface area contributed by atoms with Crippen LogP contribution in [0.25, 0.3) is 5.57 Å². The minimum Gasteiger partial charge on any atom is -0.463 e. The number of ether oxygens (including phenoxy) is 1. The Hall–Kier alpha value is -2.10. The summed E-state index contributed by atoms with van der Waals surface area (Å²) in [5, 5.41) is 0. The summed E-state index contributed by atoms with van der Waals surface area (Å²) in [7, 11) is 0. The Labute approximate surface area is 137 Å². The van der Waals surface area contributed by atoms with Gasteiger partial charge in [-0.05, 0) is 68.4 Å². The number of pyridine rings is 1. The van der Waals surface area contributed by atoms with Crippen molar-refractivity contribution in [1.82, 2.24) is 9.88 Å². The highest BCUT2D eigenvalue weighted by atomic mass is 16.5. The number of carbonyl (C=O) groups is 1. The smallest absolute Gasteiger partial charge is 0.334 e. The van der Waals surface area contributed by atoms with Gasteiger partial charge in [-0.2, -0.15) is 0 Å². The lowest BCUT2D eigenvalue weighted by Crippen LogP contribution is -2.30. The Morgan fingerprint density at radius 2 is 1.91 bits per heavy atom. The van der Waals surface area contributed by atoms with E-state index < -0.39 is 0 Å². The minimum atomic E-state index is -0.187. The lowest BCUT2D eigenvalue weighted by Gasteiger charge is -2.33. The number of allylic oxidation sites excluding steroid dienone is 3. The molecular weight excluding hydrogens is 288 g/mol. The quantitative estimate of drug-likeness (QED) is 0.797. The molecule has 4 nitrogen and oxygen atoms in total. The number of carbonyl (C=O) groups excluding carboxylic acids is 1. The molecule has 122 valence electrons. The third kappa shape index (κ3) is 3.63. The molecule has 0 radical (unpaired) electrons. The van der Waals surface area contributed by atoms with Crippen molar-refractivity contribution in [2.75, 3.05) is 19.7 Å². The number of nitrogens with zero attached hydrogens (tertiary/aromatic N) is 2. The summed E-state index contributed by atoms with van der Waals surface area (Å²) in [5.41, 5.74) is 4.18. The number of piperidine rings is 1. The van der Waals surface area contributed by atoms with Gasteiger partial charge in [0.2, 0.25) is 0 Å². The molecule has 0 aromatic carbocycles. The first-order valence-electron chi connectivity index (χ1n) is 8.55. The normalized spacial score (nSPS) is 18.7. The highest BCUT2D eigenvalue weighted by Crippen LogP contribution is 2.33. The number of hydrogen-bond donors (Lipinski definition) is 0. The molecule has 2 heterocycles. The van der Waals surface area contributed by atoms with E-state index in [9.17, 15) is 4.79 Å². The van der Waals surface area contributed by atoms with Crippen molar-refractivity contribution in [1.29, 1.82) is 0 Å². The number of likely N-dealkylation sites (tertiary alicyclic amines) is 1. The van der Waals surface area contributed by atoms with Gasteiger partial charge in [-0.3, -0.25) is 4.98 Å². The molecule has 0 amide bonds. The van der Waals surface area contributed by atoms with Gasteiger partial charge in [0.1, 0.15) is 0 Å². The van der Waals surface area contributed by atoms with Crippen molar-refractivity contribution in [3.8, 4) is 0 Å². The van der Waals surface area contributed by atoms with Crippen LogP contribution in [0.15, 0.2) is 41.9 Å². The van der Waals surface area contributed by atoms with Crippen molar-refractivity contribution >= 4 is 11.5 Å². The lowest BCUT2D eigenvalue weighted by molar-refractivity contribution is -0.138. The first kappa shape index (κ1) is 15.8. The molecule has 3 rings (SSSR count). The standard InChI is InChI=1S/C19H24N2O2/c1-2-23-19(22)17-7-6-16(21-12-4-3-5-13-21)14-18(17)15-8-10-20-11-9-15/h8-11,14H,2-7,12-13H2,1H3. The zero-order chi connectivity index (χ0) is 16.1. The fourth-order valence-electron chi connectivity index (χ4n) is 3.36. The Bertz CT molecular complexity index is 614. The van der Waals surface area contributed by atoms with E-state index in [1.807, 2.05) is 19.1 Å². The van der Waals surface area contributed by atoms with Crippen molar-refractivity contribution in [2.45, 2.75) is 39.0 Å². The number of hydrogen-bond acceptors (Lipinski definition) is 4. The predicted octanol–water partition coefficient (Wildman–Crippen LogP) is 3.56. The summed E-state index contributed by atoms with van der Waals surface area (Å²) < 4.78 is 5.26. The van der Waals surface area contributed by atoms with Gasteiger partial charge in [-0.15, -0.1) is 0 Å². The Morgan fingerprint density at radius 3 is 2.61 bits per heavy atom. The SMILES string of the molecule is CCOC(=O)C1=C(c2ccncc2)C=C(N2CCCCC2)CC1. The highest BCUT2D eigenvalue weighted by molar-refractivity contribution is 6.00. The molecule has 0 atom stereocenters. The molecule has 1 saturated heterocycles. The van der Waals surface area contributed by atoms with Crippen LogP contribution < -0.4 is 0 Å². The fraction of sp³-hybridized carbons (Fsp3) is 0.474. The van der Waals surface area contributed by atoms with Gasteiger partial charge < -0.3 is 9.64 Å². The van der Waals surface area contributed by atoms with Gasteiger partial charge in [0.25, 0.3) is 0 Å². The third-order valence-corrected chi connectivity index (χ3v) is 4.54. The summed E-state index contributed by atoms with van der Waals surface area (Å²) in [6.45, 7) is 4.52. The van der Waals surface area contributed by atoms with Gasteiger partial charge in [0, 0.05) is 36.8 Å². The van der Waals surface area contributed by atoms with E-state index in [1.54, 1.807) is 12.4 Å². The molecule has 1 fully saturated rings. The van der Waals surface area contributed by atoms with Crippen molar-refractivity contribution in [2.24, 2.45) is 0 Å². The van der Waals surface area contributed by atoms with Crippen LogP contribution in [-0.2, 0) is 9.53 Å². The van der Waals surface area contributed by atoms with Crippen LogP contribution in [0.3, 0.4) is 0 Å². The highest BCUT2D eigenvalue weighted by Gasteiger charge is 2.24. The van der Waals surface area contributed by atoms with Crippen LogP contribution in [0.2, 0.25) is 0 Å². The third-order valence-electron chi connectivity index (χ3n) is 4.54. The predicted molar refractivity (Wildman–Crippen MR) is 90.5 cm³/mol. The van der Waals surface area contributed by atoms with Crippen LogP contribution in [0.5, 0.6) is 0 Å². The van der Waals surface area contributed by atoms with E-state index in [0.29, 0.717) is 6.61 Å². The van der Waals surface area contributed by atoms with Crippen LogP contribution in [0.4, 0.5) is 0 Å². The van der Waals surface area contributed by atoms with E-state index in [4.69, 9.17) is 4.74 Å². The fourth-order valence-corrected chi connectivity index (χ4v) is 3.36. The second-order valence-corrected chi connectivity index (χ2v) is 6.03. The van der Waals surface area contributed by atoms with Gasteiger partial charge in [0.05, 0.1) is 6.61 Å². The lowest BCUT2D eigenvalue weighted by atomic mass is 9.90. The second kappa shape index (κ2) is 7.44. The molecule has 0 unspecified atom stereocenters. The van der Waals surface area contributed by atoms with Crippen LogP contribution >= 0.6 is 0 Å². The zero-order valence-corrected chi connectivity index (χ0v) is 13.8. The number of rotatable bonds is 4. The Morgan fingerprint density at radius 1 is 1.17 bits per heavy atom. The Kier molecular flexibility index (Phi) is 5.11. The van der Waals surface area contributed by atoms with Crippen molar-refractivity contribution in [3.63, 3.8) is 0 Å². The summed E-state index contributed by atoms with van der Waals surface area (Å²) in [5.74, 6) is -0.187. The molecular formula is C19H24N2O2. The minimum absolute atomic E-state index is 0.187. The van der Waals surface area contributed by atoms with E-state index in [-0.39, 0.29) is 5.97 Å². The molecule has 0 bridgehead atoms. The van der Waals surface area contributed by atoms with Crippen molar-refractivity contribution in [3.05, 3.63) is 47.4 Å². The average molecular weight is 312 g/mol. The molecule has 1 aliphatic heterocycles. The molecule has 4 heteroatoms. The average Bonchev–Trinajstić information content (AvgIpc) is 2.63. The molecule has 0 saturated carbocycles. The van der Waals surface area contributed by atoms with E-state index in [2.05, 4.69) is 16.0 Å². The van der Waals surface area contributed by atoms with Gasteiger partial charge in [-0.1, -0.05) is 0 Å². The molecule has 2 aliphatic rings. The van der Waals surface area contributed by atoms with E-state index in [0.717, 1.165) is 42.6 Å². The molecule has 0 N–H and O–H groups in total. The summed E-state index contributed by atoms with van der Waals surface area (Å²) in [4.78, 5) is 18.9. The number of aromatic nitrogens is 1. The topological polar surface area (TPSA) is 42.4 Å².